The molecule has 6 nitrogen and oxygen atoms in total. The highest BCUT2D eigenvalue weighted by Crippen LogP contribution is 2.30. The fourth-order valence-corrected chi connectivity index (χ4v) is 3.04. The summed E-state index contributed by atoms with van der Waals surface area (Å²) in [6, 6.07) is 3.99. The van der Waals surface area contributed by atoms with E-state index in [0.717, 1.165) is 30.6 Å². The molecule has 3 heterocycles. The van der Waals surface area contributed by atoms with Crippen molar-refractivity contribution in [3.8, 4) is 0 Å². The van der Waals surface area contributed by atoms with Crippen LogP contribution in [0, 0.1) is 0 Å². The minimum Gasteiger partial charge on any atom is -0.333 e. The molecular formula is C17H21N5O. The average molecular weight is 311 g/mol. The molecule has 0 aromatic carbocycles. The van der Waals surface area contributed by atoms with Gasteiger partial charge in [0.15, 0.2) is 0 Å². The molecule has 3 rings (SSSR count). The van der Waals surface area contributed by atoms with Gasteiger partial charge in [-0.05, 0) is 31.5 Å². The maximum absolute atomic E-state index is 12.7. The van der Waals surface area contributed by atoms with E-state index >= 15 is 0 Å². The quantitative estimate of drug-likeness (QED) is 0.840. The molecular weight excluding hydrogens is 290 g/mol. The van der Waals surface area contributed by atoms with Gasteiger partial charge in [0.1, 0.15) is 0 Å². The summed E-state index contributed by atoms with van der Waals surface area (Å²) in [5.74, 6) is 0.143. The molecule has 1 fully saturated rings. The summed E-state index contributed by atoms with van der Waals surface area (Å²) in [4.78, 5) is 29.2. The molecule has 0 unspecified atom stereocenters. The number of amides is 1. The van der Waals surface area contributed by atoms with Crippen molar-refractivity contribution in [2.24, 2.45) is 0 Å². The summed E-state index contributed by atoms with van der Waals surface area (Å²) in [6.07, 6.45) is 10.7. The number of hydrogen-bond acceptors (Lipinski definition) is 5. The molecule has 1 amide bonds. The zero-order valence-electron chi connectivity index (χ0n) is 13.3. The number of aromatic nitrogens is 3. The summed E-state index contributed by atoms with van der Waals surface area (Å²) in [7, 11) is 1.96. The van der Waals surface area contributed by atoms with Gasteiger partial charge in [0.2, 0.25) is 5.91 Å². The number of hydrogen-bond donors (Lipinski definition) is 0. The van der Waals surface area contributed by atoms with Gasteiger partial charge in [-0.25, -0.2) is 0 Å². The van der Waals surface area contributed by atoms with Gasteiger partial charge in [0.05, 0.1) is 24.5 Å². The van der Waals surface area contributed by atoms with Gasteiger partial charge >= 0.3 is 0 Å². The predicted molar refractivity (Wildman–Crippen MR) is 86.3 cm³/mol. The van der Waals surface area contributed by atoms with Crippen LogP contribution in [0.1, 0.15) is 30.1 Å². The standard InChI is InChI=1S/C17H21N5O/c1-21(12-14-4-2-6-18-10-14)13-17(23)22-9-3-5-16(22)15-11-19-7-8-20-15/h2,4,6-8,10-11,16H,3,5,9,12-13H2,1H3/t16-/m0/s1. The number of carbonyl (C=O) groups excluding carboxylic acids is 1. The Morgan fingerprint density at radius 2 is 2.17 bits per heavy atom. The van der Waals surface area contributed by atoms with E-state index in [0.29, 0.717) is 13.1 Å². The monoisotopic (exact) mass is 311 g/mol. The Labute approximate surface area is 136 Å². The van der Waals surface area contributed by atoms with E-state index in [1.807, 2.05) is 35.2 Å². The summed E-state index contributed by atoms with van der Waals surface area (Å²) in [5.41, 5.74) is 1.99. The Morgan fingerprint density at radius 3 is 2.91 bits per heavy atom. The second kappa shape index (κ2) is 7.28. The third-order valence-electron chi connectivity index (χ3n) is 4.08. The van der Waals surface area contributed by atoms with Crippen molar-refractivity contribution >= 4 is 5.91 Å². The Balaban J connectivity index is 1.61. The predicted octanol–water partition coefficient (Wildman–Crippen LogP) is 1.67. The third kappa shape index (κ3) is 3.90. The molecule has 2 aromatic heterocycles. The lowest BCUT2D eigenvalue weighted by molar-refractivity contribution is -0.133. The summed E-state index contributed by atoms with van der Waals surface area (Å²) >= 11 is 0. The maximum Gasteiger partial charge on any atom is 0.237 e. The fraction of sp³-hybridized carbons (Fsp3) is 0.412. The lowest BCUT2D eigenvalue weighted by Gasteiger charge is -2.26. The van der Waals surface area contributed by atoms with E-state index in [2.05, 4.69) is 15.0 Å². The minimum atomic E-state index is 0.0583. The van der Waals surface area contributed by atoms with E-state index in [-0.39, 0.29) is 11.9 Å². The molecule has 1 saturated heterocycles. The van der Waals surface area contributed by atoms with Crippen molar-refractivity contribution in [3.05, 3.63) is 54.4 Å². The number of carbonyl (C=O) groups is 1. The van der Waals surface area contributed by atoms with Crippen LogP contribution in [0.3, 0.4) is 0 Å². The highest BCUT2D eigenvalue weighted by Gasteiger charge is 2.31. The molecule has 0 spiro atoms. The fourth-order valence-electron chi connectivity index (χ4n) is 3.04. The highest BCUT2D eigenvalue weighted by atomic mass is 16.2. The van der Waals surface area contributed by atoms with Gasteiger partial charge in [-0.2, -0.15) is 0 Å². The van der Waals surface area contributed by atoms with Crippen LogP contribution >= 0.6 is 0 Å². The molecule has 0 saturated carbocycles. The van der Waals surface area contributed by atoms with Crippen molar-refractivity contribution in [1.82, 2.24) is 24.8 Å². The number of likely N-dealkylation sites (tertiary alicyclic amines) is 1. The molecule has 0 bridgehead atoms. The normalized spacial score (nSPS) is 17.7. The number of pyridine rings is 1. The first-order chi connectivity index (χ1) is 11.2. The molecule has 6 heteroatoms. The second-order valence-corrected chi connectivity index (χ2v) is 5.91. The van der Waals surface area contributed by atoms with Crippen LogP contribution in [-0.2, 0) is 11.3 Å². The largest absolute Gasteiger partial charge is 0.333 e. The van der Waals surface area contributed by atoms with Crippen molar-refractivity contribution in [1.29, 1.82) is 0 Å². The molecule has 2 aromatic rings. The van der Waals surface area contributed by atoms with Crippen molar-refractivity contribution in [3.63, 3.8) is 0 Å². The number of rotatable bonds is 5. The van der Waals surface area contributed by atoms with Gasteiger partial charge in [-0.15, -0.1) is 0 Å². The van der Waals surface area contributed by atoms with Gasteiger partial charge in [-0.1, -0.05) is 6.07 Å². The Morgan fingerprint density at radius 1 is 1.30 bits per heavy atom. The zero-order valence-corrected chi connectivity index (χ0v) is 13.3. The number of likely N-dealkylation sites (N-methyl/N-ethyl adjacent to an activating group) is 1. The van der Waals surface area contributed by atoms with Crippen LogP contribution in [0.5, 0.6) is 0 Å². The molecule has 0 aliphatic carbocycles. The van der Waals surface area contributed by atoms with Crippen LogP contribution in [0.2, 0.25) is 0 Å². The zero-order chi connectivity index (χ0) is 16.1. The van der Waals surface area contributed by atoms with Crippen molar-refractivity contribution in [2.75, 3.05) is 20.1 Å². The first-order valence-corrected chi connectivity index (χ1v) is 7.87. The van der Waals surface area contributed by atoms with E-state index in [1.165, 1.54) is 0 Å². The van der Waals surface area contributed by atoms with E-state index in [9.17, 15) is 4.79 Å². The number of nitrogens with zero attached hydrogens (tertiary/aromatic N) is 5. The topological polar surface area (TPSA) is 62.2 Å². The first kappa shape index (κ1) is 15.6. The van der Waals surface area contributed by atoms with Gasteiger partial charge < -0.3 is 4.90 Å². The first-order valence-electron chi connectivity index (χ1n) is 7.87. The molecule has 1 atom stereocenters. The molecule has 1 aliphatic heterocycles. The van der Waals surface area contributed by atoms with Gasteiger partial charge in [0, 0.05) is 37.9 Å². The molecule has 120 valence electrons. The Kier molecular flexibility index (Phi) is 4.92. The second-order valence-electron chi connectivity index (χ2n) is 5.91. The lowest BCUT2D eigenvalue weighted by atomic mass is 10.1. The van der Waals surface area contributed by atoms with Crippen molar-refractivity contribution < 1.29 is 4.79 Å². The third-order valence-corrected chi connectivity index (χ3v) is 4.08. The van der Waals surface area contributed by atoms with Crippen LogP contribution in [0.4, 0.5) is 0 Å². The summed E-state index contributed by atoms with van der Waals surface area (Å²) in [5, 5.41) is 0. The Hall–Kier alpha value is -2.34. The van der Waals surface area contributed by atoms with E-state index < -0.39 is 0 Å². The van der Waals surface area contributed by atoms with E-state index in [1.54, 1.807) is 24.8 Å². The van der Waals surface area contributed by atoms with Gasteiger partial charge in [-0.3, -0.25) is 24.6 Å². The SMILES string of the molecule is CN(CC(=O)N1CCC[C@H]1c1cnccn1)Cc1cccnc1. The maximum atomic E-state index is 12.7. The van der Waals surface area contributed by atoms with Crippen molar-refractivity contribution in [2.45, 2.75) is 25.4 Å². The van der Waals surface area contributed by atoms with Crippen LogP contribution in [0.15, 0.2) is 43.1 Å². The smallest absolute Gasteiger partial charge is 0.237 e. The molecule has 0 N–H and O–H groups in total. The Bertz CT molecular complexity index is 634. The summed E-state index contributed by atoms with van der Waals surface area (Å²) < 4.78 is 0. The average Bonchev–Trinajstić information content (AvgIpc) is 3.06. The van der Waals surface area contributed by atoms with Crippen LogP contribution in [0.25, 0.3) is 0 Å². The van der Waals surface area contributed by atoms with Crippen LogP contribution in [-0.4, -0.2) is 50.8 Å². The lowest BCUT2D eigenvalue weighted by Crippen LogP contribution is -2.38. The molecule has 1 aliphatic rings. The van der Waals surface area contributed by atoms with Gasteiger partial charge in [0.25, 0.3) is 0 Å². The van der Waals surface area contributed by atoms with E-state index in [4.69, 9.17) is 0 Å². The summed E-state index contributed by atoms with van der Waals surface area (Å²) in [6.45, 7) is 1.90. The minimum absolute atomic E-state index is 0.0583. The van der Waals surface area contributed by atoms with Crippen LogP contribution < -0.4 is 0 Å². The molecule has 23 heavy (non-hydrogen) atoms. The molecule has 0 radical (unpaired) electrons. The highest BCUT2D eigenvalue weighted by molar-refractivity contribution is 5.79.